The molecule has 1 aromatic heterocycles. The zero-order chi connectivity index (χ0) is 13.0. The Hall–Kier alpha value is -1.17. The molecule has 0 aliphatic heterocycles. The number of halogens is 1. The smallest absolute Gasteiger partial charge is 0.325 e. The molecule has 0 amide bonds. The largest absolute Gasteiger partial charge is 0.480 e. The van der Waals surface area contributed by atoms with Gasteiger partial charge in [-0.25, -0.2) is 0 Å². The fraction of sp³-hybridized carbons (Fsp3) is 0.154. The summed E-state index contributed by atoms with van der Waals surface area (Å²) in [5.74, 6) is -0.865. The molecule has 0 spiro atoms. The number of nitrogens with one attached hydrogen (secondary N) is 1. The Balaban J connectivity index is 2.06. The van der Waals surface area contributed by atoms with Gasteiger partial charge in [0.25, 0.3) is 0 Å². The van der Waals surface area contributed by atoms with Crippen molar-refractivity contribution in [2.75, 3.05) is 0 Å². The van der Waals surface area contributed by atoms with Gasteiger partial charge in [0.05, 0.1) is 3.79 Å². The van der Waals surface area contributed by atoms with E-state index in [-0.39, 0.29) is 0 Å². The molecule has 0 saturated carbocycles. The summed E-state index contributed by atoms with van der Waals surface area (Å²) >= 11 is 4.98. The van der Waals surface area contributed by atoms with Gasteiger partial charge in [0, 0.05) is 6.54 Å². The van der Waals surface area contributed by atoms with Gasteiger partial charge in [0.2, 0.25) is 0 Å². The summed E-state index contributed by atoms with van der Waals surface area (Å²) in [4.78, 5) is 11.3. The van der Waals surface area contributed by atoms with E-state index in [9.17, 15) is 9.90 Å². The maximum Gasteiger partial charge on any atom is 0.325 e. The molecule has 1 aromatic carbocycles. The van der Waals surface area contributed by atoms with E-state index in [2.05, 4.69) is 21.2 Å². The van der Waals surface area contributed by atoms with Crippen LogP contribution in [-0.2, 0) is 11.3 Å². The van der Waals surface area contributed by atoms with E-state index in [0.29, 0.717) is 6.54 Å². The zero-order valence-corrected chi connectivity index (χ0v) is 11.9. The standard InChI is InChI=1S/C13H12BrNO2S/c14-11-6-9(8-18-11)7-15-12(13(16)17)10-4-2-1-3-5-10/h1-6,8,12,15H,7H2,(H,16,17). The Morgan fingerprint density at radius 3 is 2.67 bits per heavy atom. The summed E-state index contributed by atoms with van der Waals surface area (Å²) in [5, 5.41) is 14.3. The molecule has 18 heavy (non-hydrogen) atoms. The van der Waals surface area contributed by atoms with Gasteiger partial charge < -0.3 is 5.11 Å². The predicted octanol–water partition coefficient (Wildman–Crippen LogP) is 3.43. The van der Waals surface area contributed by atoms with Crippen LogP contribution in [0.1, 0.15) is 17.2 Å². The van der Waals surface area contributed by atoms with E-state index in [1.54, 1.807) is 11.3 Å². The first-order valence-corrected chi connectivity index (χ1v) is 7.08. The zero-order valence-electron chi connectivity index (χ0n) is 9.47. The number of carbonyl (C=O) groups is 1. The molecule has 1 unspecified atom stereocenters. The van der Waals surface area contributed by atoms with Crippen LogP contribution in [0.4, 0.5) is 0 Å². The third-order valence-electron chi connectivity index (χ3n) is 2.51. The van der Waals surface area contributed by atoms with Crippen LogP contribution >= 0.6 is 27.3 Å². The van der Waals surface area contributed by atoms with Crippen molar-refractivity contribution >= 4 is 33.2 Å². The molecule has 3 nitrogen and oxygen atoms in total. The van der Waals surface area contributed by atoms with Crippen LogP contribution in [0.3, 0.4) is 0 Å². The summed E-state index contributed by atoms with van der Waals surface area (Å²) in [6, 6.07) is 10.5. The van der Waals surface area contributed by atoms with Gasteiger partial charge in [-0.05, 0) is 38.5 Å². The molecule has 1 atom stereocenters. The lowest BCUT2D eigenvalue weighted by Crippen LogP contribution is -2.27. The van der Waals surface area contributed by atoms with Crippen LogP contribution in [0.15, 0.2) is 45.6 Å². The molecule has 5 heteroatoms. The van der Waals surface area contributed by atoms with Crippen molar-refractivity contribution < 1.29 is 9.90 Å². The van der Waals surface area contributed by atoms with Gasteiger partial charge in [-0.15, -0.1) is 11.3 Å². The summed E-state index contributed by atoms with van der Waals surface area (Å²) in [6.07, 6.45) is 0. The molecule has 2 rings (SSSR count). The number of benzene rings is 1. The van der Waals surface area contributed by atoms with Crippen molar-refractivity contribution in [3.8, 4) is 0 Å². The number of hydrogen-bond acceptors (Lipinski definition) is 3. The highest BCUT2D eigenvalue weighted by Crippen LogP contribution is 2.21. The molecule has 0 fully saturated rings. The highest BCUT2D eigenvalue weighted by molar-refractivity contribution is 9.11. The minimum Gasteiger partial charge on any atom is -0.480 e. The number of rotatable bonds is 5. The molecule has 1 heterocycles. The van der Waals surface area contributed by atoms with E-state index in [1.165, 1.54) is 0 Å². The normalized spacial score (nSPS) is 12.3. The van der Waals surface area contributed by atoms with Gasteiger partial charge in [-0.3, -0.25) is 10.1 Å². The second-order valence-electron chi connectivity index (χ2n) is 3.82. The first-order chi connectivity index (χ1) is 8.66. The van der Waals surface area contributed by atoms with Crippen molar-refractivity contribution in [3.63, 3.8) is 0 Å². The predicted molar refractivity (Wildman–Crippen MR) is 75.7 cm³/mol. The third-order valence-corrected chi connectivity index (χ3v) is 4.07. The Labute approximate surface area is 118 Å². The van der Waals surface area contributed by atoms with Crippen molar-refractivity contribution in [1.82, 2.24) is 5.32 Å². The molecule has 0 radical (unpaired) electrons. The number of carboxylic acid groups (broad SMARTS) is 1. The quantitative estimate of drug-likeness (QED) is 0.885. The topological polar surface area (TPSA) is 49.3 Å². The Morgan fingerprint density at radius 2 is 2.11 bits per heavy atom. The fourth-order valence-corrected chi connectivity index (χ4v) is 2.86. The monoisotopic (exact) mass is 325 g/mol. The van der Waals surface area contributed by atoms with Gasteiger partial charge in [0.1, 0.15) is 6.04 Å². The van der Waals surface area contributed by atoms with Crippen molar-refractivity contribution in [3.05, 3.63) is 56.7 Å². The summed E-state index contributed by atoms with van der Waals surface area (Å²) < 4.78 is 1.05. The van der Waals surface area contributed by atoms with Gasteiger partial charge in [0.15, 0.2) is 0 Å². The molecule has 0 aliphatic carbocycles. The van der Waals surface area contributed by atoms with Crippen LogP contribution in [0.25, 0.3) is 0 Å². The SMILES string of the molecule is O=C(O)C(NCc1csc(Br)c1)c1ccccc1. The maximum absolute atomic E-state index is 11.3. The fourth-order valence-electron chi connectivity index (χ4n) is 1.65. The van der Waals surface area contributed by atoms with E-state index < -0.39 is 12.0 Å². The molecule has 94 valence electrons. The average Bonchev–Trinajstić information content (AvgIpc) is 2.76. The van der Waals surface area contributed by atoms with Gasteiger partial charge >= 0.3 is 5.97 Å². The number of carboxylic acids is 1. The van der Waals surface area contributed by atoms with Gasteiger partial charge in [-0.1, -0.05) is 30.3 Å². The maximum atomic E-state index is 11.3. The van der Waals surface area contributed by atoms with Crippen LogP contribution < -0.4 is 5.32 Å². The molecule has 2 N–H and O–H groups in total. The summed E-state index contributed by atoms with van der Waals surface area (Å²) in [7, 11) is 0. The van der Waals surface area contributed by atoms with E-state index in [0.717, 1.165) is 14.9 Å². The van der Waals surface area contributed by atoms with Crippen molar-refractivity contribution in [2.24, 2.45) is 0 Å². The van der Waals surface area contributed by atoms with E-state index in [4.69, 9.17) is 0 Å². The summed E-state index contributed by atoms with van der Waals surface area (Å²) in [6.45, 7) is 0.536. The lowest BCUT2D eigenvalue weighted by molar-refractivity contribution is -0.139. The Morgan fingerprint density at radius 1 is 1.39 bits per heavy atom. The first kappa shape index (κ1) is 13.3. The number of hydrogen-bond donors (Lipinski definition) is 2. The third kappa shape index (κ3) is 3.41. The Kier molecular flexibility index (Phi) is 4.52. The number of thiophene rings is 1. The van der Waals surface area contributed by atoms with Crippen molar-refractivity contribution in [2.45, 2.75) is 12.6 Å². The second kappa shape index (κ2) is 6.13. The van der Waals surface area contributed by atoms with E-state index >= 15 is 0 Å². The molecular weight excluding hydrogens is 314 g/mol. The minimum atomic E-state index is -0.865. The highest BCUT2D eigenvalue weighted by Gasteiger charge is 2.18. The number of aliphatic carboxylic acids is 1. The molecule has 0 bridgehead atoms. The minimum absolute atomic E-state index is 0.536. The molecular formula is C13H12BrNO2S. The van der Waals surface area contributed by atoms with Crippen LogP contribution in [0.2, 0.25) is 0 Å². The Bertz CT molecular complexity index is 527. The molecule has 2 aromatic rings. The van der Waals surface area contributed by atoms with E-state index in [1.807, 2.05) is 41.8 Å². The van der Waals surface area contributed by atoms with Crippen LogP contribution in [-0.4, -0.2) is 11.1 Å². The highest BCUT2D eigenvalue weighted by atomic mass is 79.9. The second-order valence-corrected chi connectivity index (χ2v) is 6.11. The average molecular weight is 326 g/mol. The summed E-state index contributed by atoms with van der Waals surface area (Å²) in [5.41, 5.74) is 1.84. The molecule has 0 aliphatic rings. The van der Waals surface area contributed by atoms with Crippen LogP contribution in [0, 0.1) is 0 Å². The van der Waals surface area contributed by atoms with Gasteiger partial charge in [-0.2, -0.15) is 0 Å². The molecule has 0 saturated heterocycles. The first-order valence-electron chi connectivity index (χ1n) is 5.41. The lowest BCUT2D eigenvalue weighted by atomic mass is 10.1. The lowest BCUT2D eigenvalue weighted by Gasteiger charge is -2.14. The van der Waals surface area contributed by atoms with Crippen LogP contribution in [0.5, 0.6) is 0 Å². The van der Waals surface area contributed by atoms with Crippen molar-refractivity contribution in [1.29, 1.82) is 0 Å².